The lowest BCUT2D eigenvalue weighted by molar-refractivity contribution is -0.137. The van der Waals surface area contributed by atoms with Crippen molar-refractivity contribution in [3.05, 3.63) is 76.1 Å². The van der Waals surface area contributed by atoms with Crippen molar-refractivity contribution < 1.29 is 27.8 Å². The number of ether oxygens (including phenoxy) is 1. The monoisotopic (exact) mass is 420 g/mol. The minimum Gasteiger partial charge on any atom is -0.491 e. The second-order valence-electron chi connectivity index (χ2n) is 6.67. The van der Waals surface area contributed by atoms with E-state index in [4.69, 9.17) is 4.74 Å². The molecule has 3 aromatic rings. The van der Waals surface area contributed by atoms with Crippen LogP contribution in [0.25, 0.3) is 10.9 Å². The quantitative estimate of drug-likeness (QED) is 0.643. The van der Waals surface area contributed by atoms with Crippen molar-refractivity contribution in [1.29, 1.82) is 0 Å². The van der Waals surface area contributed by atoms with Gasteiger partial charge >= 0.3 is 6.18 Å². The van der Waals surface area contributed by atoms with Gasteiger partial charge in [0.25, 0.3) is 11.5 Å². The molecule has 1 aromatic heterocycles. The largest absolute Gasteiger partial charge is 0.491 e. The molecule has 1 atom stereocenters. The molecule has 1 amide bonds. The van der Waals surface area contributed by atoms with Crippen LogP contribution >= 0.6 is 0 Å². The van der Waals surface area contributed by atoms with Crippen LogP contribution in [0.5, 0.6) is 5.75 Å². The second kappa shape index (κ2) is 8.58. The summed E-state index contributed by atoms with van der Waals surface area (Å²) in [5.41, 5.74) is -0.361. The number of aryl methyl sites for hydroxylation is 1. The fourth-order valence-corrected chi connectivity index (χ4v) is 2.90. The van der Waals surface area contributed by atoms with Gasteiger partial charge in [0, 0.05) is 25.0 Å². The first-order chi connectivity index (χ1) is 14.2. The Kier molecular flexibility index (Phi) is 6.12. The van der Waals surface area contributed by atoms with Crippen molar-refractivity contribution in [3.8, 4) is 5.75 Å². The fourth-order valence-electron chi connectivity index (χ4n) is 2.90. The number of rotatable bonds is 6. The standard InChI is InChI=1S/C21H19F3N2O4/c1-26-18-5-3-2-4-16(18)17(10-19(26)28)20(29)25-11-14(27)12-30-15-8-6-13(7-9-15)21(22,23)24/h2-10,14,27H,11-12H2,1H3,(H,25,29). The van der Waals surface area contributed by atoms with Gasteiger partial charge in [-0.3, -0.25) is 9.59 Å². The summed E-state index contributed by atoms with van der Waals surface area (Å²) in [6, 6.07) is 12.2. The number of aliphatic hydroxyl groups excluding tert-OH is 1. The maximum absolute atomic E-state index is 12.6. The molecule has 158 valence electrons. The molecule has 2 aromatic carbocycles. The maximum atomic E-state index is 12.6. The van der Waals surface area contributed by atoms with Gasteiger partial charge in [-0.2, -0.15) is 13.2 Å². The van der Waals surface area contributed by atoms with Crippen LogP contribution in [-0.2, 0) is 13.2 Å². The van der Waals surface area contributed by atoms with E-state index in [0.29, 0.717) is 10.9 Å². The normalized spacial score (nSPS) is 12.6. The summed E-state index contributed by atoms with van der Waals surface area (Å²) in [6.07, 6.45) is -5.54. The van der Waals surface area contributed by atoms with Gasteiger partial charge in [-0.1, -0.05) is 18.2 Å². The highest BCUT2D eigenvalue weighted by Gasteiger charge is 2.30. The van der Waals surface area contributed by atoms with Gasteiger partial charge in [-0.05, 0) is 30.3 Å². The van der Waals surface area contributed by atoms with E-state index in [2.05, 4.69) is 5.32 Å². The Labute approximate surface area is 169 Å². The van der Waals surface area contributed by atoms with Gasteiger partial charge in [-0.15, -0.1) is 0 Å². The zero-order chi connectivity index (χ0) is 21.9. The summed E-state index contributed by atoms with van der Waals surface area (Å²) in [5.74, 6) is -0.372. The van der Waals surface area contributed by atoms with E-state index in [1.54, 1.807) is 31.3 Å². The SMILES string of the molecule is Cn1c(=O)cc(C(=O)NCC(O)COc2ccc(C(F)(F)F)cc2)c2ccccc21. The molecular formula is C21H19F3N2O4. The van der Waals surface area contributed by atoms with Crippen molar-refractivity contribution in [2.75, 3.05) is 13.2 Å². The first kappa shape index (κ1) is 21.4. The number of carbonyl (C=O) groups is 1. The number of benzene rings is 2. The molecule has 0 fully saturated rings. The van der Waals surface area contributed by atoms with Gasteiger partial charge in [0.05, 0.1) is 16.6 Å². The first-order valence-corrected chi connectivity index (χ1v) is 9.02. The maximum Gasteiger partial charge on any atom is 0.416 e. The number of amides is 1. The molecule has 0 radical (unpaired) electrons. The average molecular weight is 420 g/mol. The van der Waals surface area contributed by atoms with E-state index in [9.17, 15) is 27.9 Å². The number of carbonyl (C=O) groups excluding carboxylic acids is 1. The lowest BCUT2D eigenvalue weighted by atomic mass is 10.1. The van der Waals surface area contributed by atoms with Crippen LogP contribution in [0.3, 0.4) is 0 Å². The molecule has 1 heterocycles. The number of aliphatic hydroxyl groups is 1. The van der Waals surface area contributed by atoms with Crippen LogP contribution in [-0.4, -0.2) is 34.8 Å². The highest BCUT2D eigenvalue weighted by Crippen LogP contribution is 2.30. The first-order valence-electron chi connectivity index (χ1n) is 9.02. The van der Waals surface area contributed by atoms with Crippen LogP contribution in [0.15, 0.2) is 59.4 Å². The zero-order valence-corrected chi connectivity index (χ0v) is 15.9. The number of aromatic nitrogens is 1. The molecule has 0 aliphatic heterocycles. The predicted molar refractivity (Wildman–Crippen MR) is 104 cm³/mol. The topological polar surface area (TPSA) is 80.6 Å². The molecule has 3 rings (SSSR count). The van der Waals surface area contributed by atoms with Crippen LogP contribution in [0.2, 0.25) is 0 Å². The van der Waals surface area contributed by atoms with Crippen molar-refractivity contribution >= 4 is 16.8 Å². The van der Waals surface area contributed by atoms with Crippen LogP contribution < -0.4 is 15.6 Å². The Bertz CT molecular complexity index is 1110. The number of nitrogens with one attached hydrogen (secondary N) is 1. The average Bonchev–Trinajstić information content (AvgIpc) is 2.72. The number of nitrogens with zero attached hydrogens (tertiary/aromatic N) is 1. The van der Waals surface area contributed by atoms with Gasteiger partial charge in [0.15, 0.2) is 0 Å². The van der Waals surface area contributed by atoms with Crippen molar-refractivity contribution in [3.63, 3.8) is 0 Å². The van der Waals surface area contributed by atoms with Crippen LogP contribution in [0.4, 0.5) is 13.2 Å². The Morgan fingerprint density at radius 2 is 1.83 bits per heavy atom. The van der Waals surface area contributed by atoms with Gasteiger partial charge in [0.2, 0.25) is 0 Å². The summed E-state index contributed by atoms with van der Waals surface area (Å²) in [5, 5.41) is 13.1. The Morgan fingerprint density at radius 1 is 1.17 bits per heavy atom. The molecule has 6 nitrogen and oxygen atoms in total. The summed E-state index contributed by atoms with van der Waals surface area (Å²) in [6.45, 7) is -0.397. The summed E-state index contributed by atoms with van der Waals surface area (Å²) < 4.78 is 44.3. The van der Waals surface area contributed by atoms with E-state index in [0.717, 1.165) is 24.3 Å². The molecule has 0 bridgehead atoms. The predicted octanol–water partition coefficient (Wildman–Crippen LogP) is 2.73. The number of fused-ring (bicyclic) bond motifs is 1. The Hall–Kier alpha value is -3.33. The summed E-state index contributed by atoms with van der Waals surface area (Å²) >= 11 is 0. The van der Waals surface area contributed by atoms with Gasteiger partial charge in [0.1, 0.15) is 18.5 Å². The summed E-state index contributed by atoms with van der Waals surface area (Å²) in [4.78, 5) is 24.6. The molecule has 0 spiro atoms. The second-order valence-corrected chi connectivity index (χ2v) is 6.67. The molecule has 9 heteroatoms. The number of hydrogen-bond acceptors (Lipinski definition) is 4. The molecule has 30 heavy (non-hydrogen) atoms. The number of para-hydroxylation sites is 1. The van der Waals surface area contributed by atoms with Crippen molar-refractivity contribution in [2.45, 2.75) is 12.3 Å². The van der Waals surface area contributed by atoms with Gasteiger partial charge in [-0.25, -0.2) is 0 Å². The third-order valence-corrected chi connectivity index (χ3v) is 4.52. The number of alkyl halides is 3. The number of pyridine rings is 1. The third kappa shape index (κ3) is 4.80. The van der Waals surface area contributed by atoms with E-state index in [1.807, 2.05) is 0 Å². The van der Waals surface area contributed by atoms with E-state index in [1.165, 1.54) is 10.6 Å². The molecular weight excluding hydrogens is 401 g/mol. The molecule has 0 saturated carbocycles. The van der Waals surface area contributed by atoms with Crippen LogP contribution in [0.1, 0.15) is 15.9 Å². The van der Waals surface area contributed by atoms with Gasteiger partial charge < -0.3 is 19.7 Å². The molecule has 0 saturated heterocycles. The zero-order valence-electron chi connectivity index (χ0n) is 15.9. The Morgan fingerprint density at radius 3 is 2.50 bits per heavy atom. The lowest BCUT2D eigenvalue weighted by Gasteiger charge is -2.15. The minimum absolute atomic E-state index is 0.158. The van der Waals surface area contributed by atoms with Crippen molar-refractivity contribution in [2.24, 2.45) is 7.05 Å². The molecule has 1 unspecified atom stereocenters. The van der Waals surface area contributed by atoms with E-state index < -0.39 is 23.8 Å². The summed E-state index contributed by atoms with van der Waals surface area (Å²) in [7, 11) is 1.61. The molecule has 0 aliphatic carbocycles. The molecule has 0 aliphatic rings. The van der Waals surface area contributed by atoms with E-state index in [-0.39, 0.29) is 30.0 Å². The molecule has 2 N–H and O–H groups in total. The van der Waals surface area contributed by atoms with Crippen LogP contribution in [0, 0.1) is 0 Å². The lowest BCUT2D eigenvalue weighted by Crippen LogP contribution is -2.36. The highest BCUT2D eigenvalue weighted by molar-refractivity contribution is 6.06. The van der Waals surface area contributed by atoms with Crippen molar-refractivity contribution in [1.82, 2.24) is 9.88 Å². The minimum atomic E-state index is -4.44. The fraction of sp³-hybridized carbons (Fsp3) is 0.238. The highest BCUT2D eigenvalue weighted by atomic mass is 19.4. The third-order valence-electron chi connectivity index (χ3n) is 4.52. The number of hydrogen-bond donors (Lipinski definition) is 2. The smallest absolute Gasteiger partial charge is 0.416 e. The number of halogens is 3. The van der Waals surface area contributed by atoms with E-state index >= 15 is 0 Å². The Balaban J connectivity index is 1.59.